The van der Waals surface area contributed by atoms with E-state index in [1.807, 2.05) is 19.1 Å². The average molecular weight is 431 g/mol. The molecule has 2 aromatic rings. The molecule has 9 heteroatoms. The third-order valence-electron chi connectivity index (χ3n) is 5.02. The van der Waals surface area contributed by atoms with Gasteiger partial charge in [-0.1, -0.05) is 29.8 Å². The molecule has 4 atom stereocenters. The molecule has 0 spiro atoms. The van der Waals surface area contributed by atoms with E-state index >= 15 is 0 Å². The SMILES string of the molecule is Cc1ccc(NC(=O)NCC2OC(CC(=O)NCc3ccc(F)cc3)C(O)C2O)cc1. The fraction of sp³-hybridized carbons (Fsp3) is 0.364. The molecule has 5 N–H and O–H groups in total. The van der Waals surface area contributed by atoms with Crippen LogP contribution in [0.2, 0.25) is 0 Å². The summed E-state index contributed by atoms with van der Waals surface area (Å²) in [6, 6.07) is 12.5. The smallest absolute Gasteiger partial charge is 0.319 e. The van der Waals surface area contributed by atoms with Gasteiger partial charge >= 0.3 is 6.03 Å². The first-order chi connectivity index (χ1) is 14.8. The topological polar surface area (TPSA) is 120 Å². The van der Waals surface area contributed by atoms with E-state index in [1.54, 1.807) is 24.3 Å². The summed E-state index contributed by atoms with van der Waals surface area (Å²) >= 11 is 0. The lowest BCUT2D eigenvalue weighted by atomic mass is 10.1. The Bertz CT molecular complexity index is 891. The van der Waals surface area contributed by atoms with Crippen LogP contribution in [-0.2, 0) is 16.1 Å². The number of hydrogen-bond donors (Lipinski definition) is 5. The molecular weight excluding hydrogens is 405 g/mol. The highest BCUT2D eigenvalue weighted by Crippen LogP contribution is 2.23. The molecule has 0 aliphatic carbocycles. The van der Waals surface area contributed by atoms with Crippen molar-refractivity contribution in [1.82, 2.24) is 10.6 Å². The van der Waals surface area contributed by atoms with E-state index in [2.05, 4.69) is 16.0 Å². The maximum atomic E-state index is 12.9. The number of carbonyl (C=O) groups excluding carboxylic acids is 2. The molecule has 1 fully saturated rings. The van der Waals surface area contributed by atoms with Crippen LogP contribution in [0.25, 0.3) is 0 Å². The standard InChI is InChI=1S/C22H26FN3O5/c1-13-2-8-16(9-3-13)26-22(30)25-12-18-21(29)20(28)17(31-18)10-19(27)24-11-14-4-6-15(23)7-5-14/h2-9,17-18,20-21,28-29H,10-12H2,1H3,(H,24,27)(H2,25,26,30). The number of carbonyl (C=O) groups is 2. The van der Waals surface area contributed by atoms with Crippen molar-refractivity contribution in [1.29, 1.82) is 0 Å². The maximum absolute atomic E-state index is 12.9. The van der Waals surface area contributed by atoms with Crippen molar-refractivity contribution < 1.29 is 28.9 Å². The minimum Gasteiger partial charge on any atom is -0.388 e. The number of aryl methyl sites for hydroxylation is 1. The second-order valence-corrected chi connectivity index (χ2v) is 7.50. The zero-order valence-corrected chi connectivity index (χ0v) is 17.0. The normalized spacial score (nSPS) is 22.7. The van der Waals surface area contributed by atoms with Gasteiger partial charge in [0.2, 0.25) is 5.91 Å². The molecule has 1 aliphatic heterocycles. The van der Waals surface area contributed by atoms with Crippen LogP contribution in [0, 0.1) is 12.7 Å². The van der Waals surface area contributed by atoms with E-state index in [9.17, 15) is 24.2 Å². The maximum Gasteiger partial charge on any atom is 0.319 e. The van der Waals surface area contributed by atoms with Crippen molar-refractivity contribution in [2.45, 2.75) is 44.3 Å². The van der Waals surface area contributed by atoms with Crippen LogP contribution in [0.3, 0.4) is 0 Å². The van der Waals surface area contributed by atoms with Gasteiger partial charge in [-0.3, -0.25) is 4.79 Å². The van der Waals surface area contributed by atoms with Gasteiger partial charge in [-0.2, -0.15) is 0 Å². The number of amides is 3. The summed E-state index contributed by atoms with van der Waals surface area (Å²) < 4.78 is 18.5. The lowest BCUT2D eigenvalue weighted by Crippen LogP contribution is -2.41. The average Bonchev–Trinajstić information content (AvgIpc) is 3.01. The summed E-state index contributed by atoms with van der Waals surface area (Å²) in [6.07, 6.45) is -4.42. The second kappa shape index (κ2) is 10.3. The molecule has 8 nitrogen and oxygen atoms in total. The van der Waals surface area contributed by atoms with Gasteiger partial charge in [0, 0.05) is 18.8 Å². The largest absolute Gasteiger partial charge is 0.388 e. The van der Waals surface area contributed by atoms with Crippen molar-refractivity contribution in [3.8, 4) is 0 Å². The second-order valence-electron chi connectivity index (χ2n) is 7.50. The molecule has 1 heterocycles. The van der Waals surface area contributed by atoms with Crippen molar-refractivity contribution in [3.63, 3.8) is 0 Å². The highest BCUT2D eigenvalue weighted by atomic mass is 19.1. The highest BCUT2D eigenvalue weighted by Gasteiger charge is 2.43. The van der Waals surface area contributed by atoms with Crippen LogP contribution in [-0.4, -0.2) is 53.1 Å². The van der Waals surface area contributed by atoms with Crippen LogP contribution in [0.4, 0.5) is 14.9 Å². The Hall–Kier alpha value is -3.01. The number of rotatable bonds is 7. The van der Waals surface area contributed by atoms with Gasteiger partial charge in [0.05, 0.1) is 12.5 Å². The summed E-state index contributed by atoms with van der Waals surface area (Å²) in [5.74, 6) is -0.745. The Balaban J connectivity index is 1.43. The lowest BCUT2D eigenvalue weighted by molar-refractivity contribution is -0.125. The van der Waals surface area contributed by atoms with Crippen molar-refractivity contribution in [2.75, 3.05) is 11.9 Å². The molecule has 1 saturated heterocycles. The summed E-state index contributed by atoms with van der Waals surface area (Å²) in [7, 11) is 0. The molecule has 3 amide bonds. The van der Waals surface area contributed by atoms with Crippen molar-refractivity contribution >= 4 is 17.6 Å². The van der Waals surface area contributed by atoms with Gasteiger partial charge in [-0.05, 0) is 36.8 Å². The fourth-order valence-corrected chi connectivity index (χ4v) is 3.23. The third-order valence-corrected chi connectivity index (χ3v) is 5.02. The monoisotopic (exact) mass is 431 g/mol. The Morgan fingerprint density at radius 1 is 0.968 bits per heavy atom. The van der Waals surface area contributed by atoms with Crippen LogP contribution in [0.5, 0.6) is 0 Å². The fourth-order valence-electron chi connectivity index (χ4n) is 3.23. The Morgan fingerprint density at radius 2 is 1.61 bits per heavy atom. The molecule has 166 valence electrons. The van der Waals surface area contributed by atoms with Gasteiger partial charge in [-0.25, -0.2) is 9.18 Å². The first kappa shape index (κ1) is 22.7. The van der Waals surface area contributed by atoms with E-state index < -0.39 is 30.4 Å². The molecule has 2 aromatic carbocycles. The Kier molecular flexibility index (Phi) is 7.56. The van der Waals surface area contributed by atoms with Gasteiger partial charge in [-0.15, -0.1) is 0 Å². The molecular formula is C22H26FN3O5. The lowest BCUT2D eigenvalue weighted by Gasteiger charge is -2.16. The minimum absolute atomic E-state index is 0.0381. The van der Waals surface area contributed by atoms with Crippen LogP contribution in [0.15, 0.2) is 48.5 Å². The van der Waals surface area contributed by atoms with Crippen molar-refractivity contribution in [3.05, 3.63) is 65.5 Å². The van der Waals surface area contributed by atoms with E-state index in [-0.39, 0.29) is 31.2 Å². The van der Waals surface area contributed by atoms with E-state index in [0.717, 1.165) is 11.1 Å². The molecule has 0 aromatic heterocycles. The number of anilines is 1. The van der Waals surface area contributed by atoms with Gasteiger partial charge in [0.15, 0.2) is 0 Å². The number of aliphatic hydroxyl groups is 2. The van der Waals surface area contributed by atoms with Crippen molar-refractivity contribution in [2.24, 2.45) is 0 Å². The van der Waals surface area contributed by atoms with Crippen LogP contribution in [0.1, 0.15) is 17.5 Å². The van der Waals surface area contributed by atoms with E-state index in [1.165, 1.54) is 12.1 Å². The zero-order chi connectivity index (χ0) is 22.4. The summed E-state index contributed by atoms with van der Waals surface area (Å²) in [5, 5.41) is 28.3. The predicted molar refractivity (Wildman–Crippen MR) is 112 cm³/mol. The number of ether oxygens (including phenoxy) is 1. The number of urea groups is 1. The Morgan fingerprint density at radius 3 is 2.29 bits per heavy atom. The molecule has 3 rings (SSSR count). The number of benzene rings is 2. The predicted octanol–water partition coefficient (Wildman–Crippen LogP) is 1.45. The van der Waals surface area contributed by atoms with Crippen LogP contribution < -0.4 is 16.0 Å². The third kappa shape index (κ3) is 6.48. The van der Waals surface area contributed by atoms with E-state index in [0.29, 0.717) is 5.69 Å². The Labute approximate surface area is 179 Å². The summed E-state index contributed by atoms with van der Waals surface area (Å²) in [5.41, 5.74) is 2.41. The first-order valence-corrected chi connectivity index (χ1v) is 9.96. The zero-order valence-electron chi connectivity index (χ0n) is 17.0. The molecule has 4 unspecified atom stereocenters. The van der Waals surface area contributed by atoms with Gasteiger partial charge < -0.3 is 30.9 Å². The summed E-state index contributed by atoms with van der Waals surface area (Å²) in [4.78, 5) is 24.2. The molecule has 0 bridgehead atoms. The number of nitrogens with one attached hydrogen (secondary N) is 3. The highest BCUT2D eigenvalue weighted by molar-refractivity contribution is 5.89. The number of hydrogen-bond acceptors (Lipinski definition) is 5. The number of aliphatic hydroxyl groups excluding tert-OH is 2. The minimum atomic E-state index is -1.26. The molecule has 0 saturated carbocycles. The van der Waals surface area contributed by atoms with E-state index in [4.69, 9.17) is 4.74 Å². The first-order valence-electron chi connectivity index (χ1n) is 9.96. The molecule has 0 radical (unpaired) electrons. The number of halogens is 1. The van der Waals surface area contributed by atoms with Crippen LogP contribution >= 0.6 is 0 Å². The van der Waals surface area contributed by atoms with Gasteiger partial charge in [0.25, 0.3) is 0 Å². The molecule has 1 aliphatic rings. The quantitative estimate of drug-likeness (QED) is 0.455. The summed E-state index contributed by atoms with van der Waals surface area (Å²) in [6.45, 7) is 2.10. The van der Waals surface area contributed by atoms with Gasteiger partial charge in [0.1, 0.15) is 24.1 Å². The molecule has 31 heavy (non-hydrogen) atoms.